The minimum absolute atomic E-state index is 0.0565. The second-order valence-corrected chi connectivity index (χ2v) is 7.51. The van der Waals surface area contributed by atoms with Crippen LogP contribution in [0.15, 0.2) is 78.9 Å². The fourth-order valence-corrected chi connectivity index (χ4v) is 3.30. The molecule has 1 amide bonds. The molecular weight excluding hydrogens is 388 g/mol. The molecule has 5 heteroatoms. The Hall–Kier alpha value is -3.47. The standard InChI is InChI=1S/C26H30N2O3/c1-4-28(20(2)3)23-12-10-22(11-13-23)27-26(29)19-31-25-16-14-24(15-17-25)30-18-21-8-6-5-7-9-21/h5-17,20H,4,18-19H2,1-3H3,(H,27,29). The Morgan fingerprint density at radius 1 is 0.871 bits per heavy atom. The first kappa shape index (κ1) is 22.2. The normalized spacial score (nSPS) is 10.6. The van der Waals surface area contributed by atoms with Crippen LogP contribution >= 0.6 is 0 Å². The first-order valence-corrected chi connectivity index (χ1v) is 10.6. The Morgan fingerprint density at radius 3 is 2.06 bits per heavy atom. The predicted molar refractivity (Wildman–Crippen MR) is 126 cm³/mol. The summed E-state index contributed by atoms with van der Waals surface area (Å²) in [5.41, 5.74) is 3.00. The van der Waals surface area contributed by atoms with Crippen LogP contribution in [-0.2, 0) is 11.4 Å². The van der Waals surface area contributed by atoms with Crippen LogP contribution in [0.25, 0.3) is 0 Å². The van der Waals surface area contributed by atoms with E-state index in [9.17, 15) is 4.79 Å². The lowest BCUT2D eigenvalue weighted by Gasteiger charge is -2.27. The molecule has 0 aliphatic carbocycles. The van der Waals surface area contributed by atoms with E-state index in [1.807, 2.05) is 66.7 Å². The summed E-state index contributed by atoms with van der Waals surface area (Å²) in [5.74, 6) is 1.17. The van der Waals surface area contributed by atoms with Crippen LogP contribution in [0.4, 0.5) is 11.4 Å². The van der Waals surface area contributed by atoms with E-state index in [0.717, 1.165) is 29.2 Å². The molecule has 31 heavy (non-hydrogen) atoms. The van der Waals surface area contributed by atoms with Gasteiger partial charge in [-0.2, -0.15) is 0 Å². The average Bonchev–Trinajstić information content (AvgIpc) is 2.79. The fraction of sp³-hybridized carbons (Fsp3) is 0.269. The zero-order valence-corrected chi connectivity index (χ0v) is 18.4. The van der Waals surface area contributed by atoms with Crippen LogP contribution in [0.3, 0.4) is 0 Å². The zero-order chi connectivity index (χ0) is 22.1. The Bertz CT molecular complexity index is 939. The second kappa shape index (κ2) is 11.1. The maximum absolute atomic E-state index is 12.2. The van der Waals surface area contributed by atoms with Crippen LogP contribution in [0, 0.1) is 0 Å². The van der Waals surface area contributed by atoms with Gasteiger partial charge in [0.05, 0.1) is 0 Å². The number of carbonyl (C=O) groups is 1. The van der Waals surface area contributed by atoms with Crippen molar-refractivity contribution in [2.24, 2.45) is 0 Å². The maximum Gasteiger partial charge on any atom is 0.262 e. The van der Waals surface area contributed by atoms with Crippen molar-refractivity contribution in [2.45, 2.75) is 33.4 Å². The molecule has 162 valence electrons. The number of rotatable bonds is 10. The molecular formula is C26H30N2O3. The number of anilines is 2. The summed E-state index contributed by atoms with van der Waals surface area (Å²) in [6.45, 7) is 7.85. The molecule has 3 rings (SSSR count). The van der Waals surface area contributed by atoms with Gasteiger partial charge in [-0.05, 0) is 74.9 Å². The smallest absolute Gasteiger partial charge is 0.262 e. The van der Waals surface area contributed by atoms with Gasteiger partial charge in [-0.3, -0.25) is 4.79 Å². The van der Waals surface area contributed by atoms with Crippen LogP contribution in [-0.4, -0.2) is 25.1 Å². The van der Waals surface area contributed by atoms with Crippen LogP contribution < -0.4 is 19.7 Å². The molecule has 0 aliphatic heterocycles. The van der Waals surface area contributed by atoms with E-state index in [1.54, 1.807) is 12.1 Å². The molecule has 0 spiro atoms. The third-order valence-corrected chi connectivity index (χ3v) is 4.89. The Labute approximate surface area is 184 Å². The summed E-state index contributed by atoms with van der Waals surface area (Å²) >= 11 is 0. The Morgan fingerprint density at radius 2 is 1.48 bits per heavy atom. The van der Waals surface area contributed by atoms with Crippen LogP contribution in [0.5, 0.6) is 11.5 Å². The minimum Gasteiger partial charge on any atom is -0.489 e. The number of carbonyl (C=O) groups excluding carboxylic acids is 1. The number of benzene rings is 3. The van der Waals surface area contributed by atoms with E-state index in [4.69, 9.17) is 9.47 Å². The van der Waals surface area contributed by atoms with E-state index >= 15 is 0 Å². The number of nitrogens with zero attached hydrogens (tertiary/aromatic N) is 1. The number of ether oxygens (including phenoxy) is 2. The number of hydrogen-bond donors (Lipinski definition) is 1. The van der Waals surface area contributed by atoms with Gasteiger partial charge in [0, 0.05) is 24.0 Å². The van der Waals surface area contributed by atoms with Crippen molar-refractivity contribution in [1.82, 2.24) is 0 Å². The summed E-state index contributed by atoms with van der Waals surface area (Å²) in [7, 11) is 0. The van der Waals surface area contributed by atoms with Gasteiger partial charge >= 0.3 is 0 Å². The van der Waals surface area contributed by atoms with Gasteiger partial charge in [0.2, 0.25) is 0 Å². The summed E-state index contributed by atoms with van der Waals surface area (Å²) in [4.78, 5) is 14.5. The van der Waals surface area contributed by atoms with E-state index in [-0.39, 0.29) is 12.5 Å². The van der Waals surface area contributed by atoms with E-state index in [0.29, 0.717) is 18.4 Å². The molecule has 5 nitrogen and oxygen atoms in total. The lowest BCUT2D eigenvalue weighted by atomic mass is 10.2. The molecule has 0 saturated heterocycles. The highest BCUT2D eigenvalue weighted by Gasteiger charge is 2.09. The maximum atomic E-state index is 12.2. The van der Waals surface area contributed by atoms with Crippen molar-refractivity contribution in [2.75, 3.05) is 23.4 Å². The van der Waals surface area contributed by atoms with Crippen LogP contribution in [0.1, 0.15) is 26.3 Å². The van der Waals surface area contributed by atoms with Gasteiger partial charge in [-0.15, -0.1) is 0 Å². The largest absolute Gasteiger partial charge is 0.489 e. The van der Waals surface area contributed by atoms with Crippen molar-refractivity contribution in [3.8, 4) is 11.5 Å². The van der Waals surface area contributed by atoms with E-state index in [2.05, 4.69) is 31.0 Å². The summed E-state index contributed by atoms with van der Waals surface area (Å²) in [5, 5.41) is 2.87. The molecule has 0 bridgehead atoms. The van der Waals surface area contributed by atoms with Crippen molar-refractivity contribution < 1.29 is 14.3 Å². The topological polar surface area (TPSA) is 50.8 Å². The molecule has 0 aromatic heterocycles. The second-order valence-electron chi connectivity index (χ2n) is 7.51. The molecule has 0 fully saturated rings. The minimum atomic E-state index is -0.201. The quantitative estimate of drug-likeness (QED) is 0.471. The lowest BCUT2D eigenvalue weighted by molar-refractivity contribution is -0.118. The first-order chi connectivity index (χ1) is 15.0. The average molecular weight is 419 g/mol. The van der Waals surface area contributed by atoms with Gasteiger partial charge in [0.25, 0.3) is 5.91 Å². The molecule has 1 N–H and O–H groups in total. The third kappa shape index (κ3) is 6.78. The molecule has 0 radical (unpaired) electrons. The van der Waals surface area contributed by atoms with E-state index < -0.39 is 0 Å². The summed E-state index contributed by atoms with van der Waals surface area (Å²) < 4.78 is 11.4. The molecule has 0 aliphatic rings. The first-order valence-electron chi connectivity index (χ1n) is 10.6. The molecule has 0 heterocycles. The van der Waals surface area contributed by atoms with Crippen molar-refractivity contribution >= 4 is 17.3 Å². The highest BCUT2D eigenvalue weighted by Crippen LogP contribution is 2.21. The SMILES string of the molecule is CCN(c1ccc(NC(=O)COc2ccc(OCc3ccccc3)cc2)cc1)C(C)C. The van der Waals surface area contributed by atoms with Gasteiger partial charge in [-0.25, -0.2) is 0 Å². The molecule has 0 saturated carbocycles. The lowest BCUT2D eigenvalue weighted by Crippen LogP contribution is -2.30. The van der Waals surface area contributed by atoms with Gasteiger partial charge < -0.3 is 19.7 Å². The number of amides is 1. The van der Waals surface area contributed by atoms with Crippen molar-refractivity contribution in [3.05, 3.63) is 84.4 Å². The van der Waals surface area contributed by atoms with Gasteiger partial charge in [0.15, 0.2) is 6.61 Å². The summed E-state index contributed by atoms with van der Waals surface area (Å²) in [6.07, 6.45) is 0. The van der Waals surface area contributed by atoms with Crippen LogP contribution in [0.2, 0.25) is 0 Å². The highest BCUT2D eigenvalue weighted by molar-refractivity contribution is 5.92. The van der Waals surface area contributed by atoms with Gasteiger partial charge in [-0.1, -0.05) is 30.3 Å². The van der Waals surface area contributed by atoms with Crippen molar-refractivity contribution in [1.29, 1.82) is 0 Å². The van der Waals surface area contributed by atoms with E-state index in [1.165, 1.54) is 0 Å². The van der Waals surface area contributed by atoms with Crippen molar-refractivity contribution in [3.63, 3.8) is 0 Å². The zero-order valence-electron chi connectivity index (χ0n) is 18.4. The fourth-order valence-electron chi connectivity index (χ4n) is 3.30. The number of nitrogens with one attached hydrogen (secondary N) is 1. The monoisotopic (exact) mass is 418 g/mol. The molecule has 3 aromatic carbocycles. The Kier molecular flexibility index (Phi) is 7.93. The molecule has 0 unspecified atom stereocenters. The third-order valence-electron chi connectivity index (χ3n) is 4.89. The van der Waals surface area contributed by atoms with Gasteiger partial charge in [0.1, 0.15) is 18.1 Å². The highest BCUT2D eigenvalue weighted by atomic mass is 16.5. The molecule has 3 aromatic rings. The molecule has 0 atom stereocenters. The predicted octanol–water partition coefficient (Wildman–Crippen LogP) is 5.52. The number of hydrogen-bond acceptors (Lipinski definition) is 4. The Balaban J connectivity index is 1.45. The summed E-state index contributed by atoms with van der Waals surface area (Å²) in [6, 6.07) is 25.6.